The van der Waals surface area contributed by atoms with Gasteiger partial charge in [-0.1, -0.05) is 6.07 Å². The van der Waals surface area contributed by atoms with Crippen LogP contribution in [-0.2, 0) is 9.59 Å². The van der Waals surface area contributed by atoms with E-state index >= 15 is 0 Å². The summed E-state index contributed by atoms with van der Waals surface area (Å²) in [5, 5.41) is 9.40. The van der Waals surface area contributed by atoms with E-state index in [9.17, 15) is 9.59 Å². The molecule has 7 heteroatoms. The minimum Gasteiger partial charge on any atom is -0.354 e. The van der Waals surface area contributed by atoms with Gasteiger partial charge in [-0.05, 0) is 88.7 Å². The molecule has 2 fully saturated rings. The van der Waals surface area contributed by atoms with E-state index in [1.54, 1.807) is 0 Å². The Morgan fingerprint density at radius 2 is 2.00 bits per heavy atom. The highest BCUT2D eigenvalue weighted by molar-refractivity contribution is 5.94. The number of hydrogen-bond donors (Lipinski definition) is 3. The molecule has 2 saturated heterocycles. The Hall–Kier alpha value is -1.63. The SMILES string of the molecule is Cc1ccc(NC(=O)C(C)N2CCCC(CNC(=O)C3CCCN3)C2)cc1C.Cl. The van der Waals surface area contributed by atoms with Crippen LogP contribution in [0.15, 0.2) is 18.2 Å². The molecule has 6 nitrogen and oxygen atoms in total. The summed E-state index contributed by atoms with van der Waals surface area (Å²) in [7, 11) is 0. The molecule has 0 saturated carbocycles. The van der Waals surface area contributed by atoms with Crippen molar-refractivity contribution in [2.45, 2.75) is 58.5 Å². The molecule has 0 radical (unpaired) electrons. The monoisotopic (exact) mass is 422 g/mol. The van der Waals surface area contributed by atoms with Gasteiger partial charge in [0.25, 0.3) is 0 Å². The summed E-state index contributed by atoms with van der Waals surface area (Å²) in [6.45, 7) is 9.50. The van der Waals surface area contributed by atoms with E-state index in [-0.39, 0.29) is 36.3 Å². The fourth-order valence-electron chi connectivity index (χ4n) is 4.12. The van der Waals surface area contributed by atoms with Gasteiger partial charge in [-0.2, -0.15) is 0 Å². The topological polar surface area (TPSA) is 73.5 Å². The Morgan fingerprint density at radius 3 is 2.69 bits per heavy atom. The Kier molecular flexibility index (Phi) is 8.93. The second kappa shape index (κ2) is 11.0. The van der Waals surface area contributed by atoms with Gasteiger partial charge in [0, 0.05) is 18.8 Å². The summed E-state index contributed by atoms with van der Waals surface area (Å²) < 4.78 is 0. The zero-order valence-corrected chi connectivity index (χ0v) is 18.6. The van der Waals surface area contributed by atoms with Crippen LogP contribution < -0.4 is 16.0 Å². The summed E-state index contributed by atoms with van der Waals surface area (Å²) in [5.41, 5.74) is 3.25. The summed E-state index contributed by atoms with van der Waals surface area (Å²) in [5.74, 6) is 0.550. The average Bonchev–Trinajstić information content (AvgIpc) is 3.23. The van der Waals surface area contributed by atoms with E-state index in [4.69, 9.17) is 0 Å². The van der Waals surface area contributed by atoms with Crippen LogP contribution >= 0.6 is 12.4 Å². The van der Waals surface area contributed by atoms with E-state index in [2.05, 4.69) is 34.7 Å². The van der Waals surface area contributed by atoms with Gasteiger partial charge in [0.1, 0.15) is 0 Å². The van der Waals surface area contributed by atoms with Crippen molar-refractivity contribution in [3.63, 3.8) is 0 Å². The number of carbonyl (C=O) groups is 2. The van der Waals surface area contributed by atoms with Crippen LogP contribution in [-0.4, -0.2) is 55.0 Å². The average molecular weight is 423 g/mol. The molecule has 3 atom stereocenters. The Labute approximate surface area is 180 Å². The number of nitrogens with zero attached hydrogens (tertiary/aromatic N) is 1. The molecule has 2 heterocycles. The second-order valence-electron chi connectivity index (χ2n) is 8.36. The number of aryl methyl sites for hydroxylation is 2. The normalized spacial score (nSPS) is 23.1. The minimum absolute atomic E-state index is 0. The number of rotatable bonds is 6. The Bertz CT molecular complexity index is 706. The maximum atomic E-state index is 12.7. The van der Waals surface area contributed by atoms with E-state index in [0.717, 1.165) is 51.0 Å². The number of amides is 2. The zero-order chi connectivity index (χ0) is 20.1. The molecule has 1 aromatic rings. The van der Waals surface area contributed by atoms with Crippen LogP contribution in [0.5, 0.6) is 0 Å². The maximum Gasteiger partial charge on any atom is 0.241 e. The summed E-state index contributed by atoms with van der Waals surface area (Å²) in [4.78, 5) is 27.2. The fourth-order valence-corrected chi connectivity index (χ4v) is 4.12. The number of halogens is 1. The molecule has 0 aromatic heterocycles. The summed E-state index contributed by atoms with van der Waals surface area (Å²) >= 11 is 0. The Morgan fingerprint density at radius 1 is 1.21 bits per heavy atom. The molecule has 2 aliphatic heterocycles. The van der Waals surface area contributed by atoms with Gasteiger partial charge in [-0.25, -0.2) is 0 Å². The third-order valence-electron chi connectivity index (χ3n) is 6.19. The number of hydrogen-bond acceptors (Lipinski definition) is 4. The van der Waals surface area contributed by atoms with Gasteiger partial charge in [0.15, 0.2) is 0 Å². The predicted octanol–water partition coefficient (Wildman–Crippen LogP) is 2.63. The lowest BCUT2D eigenvalue weighted by molar-refractivity contribution is -0.124. The van der Waals surface area contributed by atoms with Crippen LogP contribution in [0.25, 0.3) is 0 Å². The molecule has 29 heavy (non-hydrogen) atoms. The number of anilines is 1. The summed E-state index contributed by atoms with van der Waals surface area (Å²) in [6, 6.07) is 5.80. The lowest BCUT2D eigenvalue weighted by atomic mass is 9.96. The number of piperidine rings is 1. The third kappa shape index (κ3) is 6.43. The van der Waals surface area contributed by atoms with Crippen molar-refractivity contribution in [1.82, 2.24) is 15.5 Å². The first-order valence-corrected chi connectivity index (χ1v) is 10.6. The van der Waals surface area contributed by atoms with Crippen LogP contribution in [0.1, 0.15) is 43.7 Å². The molecule has 2 amide bonds. The number of nitrogens with one attached hydrogen (secondary N) is 3. The molecule has 1 aromatic carbocycles. The van der Waals surface area contributed by atoms with Crippen LogP contribution in [0.4, 0.5) is 5.69 Å². The number of likely N-dealkylation sites (tertiary alicyclic amines) is 1. The molecule has 0 bridgehead atoms. The third-order valence-corrected chi connectivity index (χ3v) is 6.19. The molecular weight excluding hydrogens is 388 g/mol. The lowest BCUT2D eigenvalue weighted by Crippen LogP contribution is -2.50. The van der Waals surface area contributed by atoms with Crippen molar-refractivity contribution in [3.8, 4) is 0 Å². The first kappa shape index (κ1) is 23.6. The molecule has 3 rings (SSSR count). The number of carbonyl (C=O) groups excluding carboxylic acids is 2. The van der Waals surface area contributed by atoms with Crippen molar-refractivity contribution in [3.05, 3.63) is 29.3 Å². The van der Waals surface area contributed by atoms with Crippen molar-refractivity contribution in [1.29, 1.82) is 0 Å². The zero-order valence-electron chi connectivity index (χ0n) is 17.8. The molecule has 3 N–H and O–H groups in total. The van der Waals surface area contributed by atoms with Gasteiger partial charge in [0.2, 0.25) is 11.8 Å². The van der Waals surface area contributed by atoms with E-state index < -0.39 is 0 Å². The molecule has 162 valence electrons. The van der Waals surface area contributed by atoms with Gasteiger partial charge >= 0.3 is 0 Å². The standard InChI is InChI=1S/C22H34N4O2.ClH/c1-15-8-9-19(12-16(15)2)25-21(27)17(3)26-11-5-6-18(14-26)13-24-22(28)20-7-4-10-23-20;/h8-9,12,17-18,20,23H,4-7,10-11,13-14H2,1-3H3,(H,24,28)(H,25,27);1H. The smallest absolute Gasteiger partial charge is 0.241 e. The highest BCUT2D eigenvalue weighted by Gasteiger charge is 2.28. The first-order valence-electron chi connectivity index (χ1n) is 10.6. The minimum atomic E-state index is -0.184. The lowest BCUT2D eigenvalue weighted by Gasteiger charge is -2.36. The van der Waals surface area contributed by atoms with Gasteiger partial charge in [0.05, 0.1) is 12.1 Å². The van der Waals surface area contributed by atoms with E-state index in [1.807, 2.05) is 25.1 Å². The van der Waals surface area contributed by atoms with Crippen LogP contribution in [0.2, 0.25) is 0 Å². The van der Waals surface area contributed by atoms with Crippen molar-refractivity contribution in [2.75, 3.05) is 31.5 Å². The molecular formula is C22H35ClN4O2. The van der Waals surface area contributed by atoms with E-state index in [1.165, 1.54) is 11.1 Å². The summed E-state index contributed by atoms with van der Waals surface area (Å²) in [6.07, 6.45) is 4.16. The van der Waals surface area contributed by atoms with Gasteiger partial charge < -0.3 is 16.0 Å². The maximum absolute atomic E-state index is 12.7. The molecule has 0 aliphatic carbocycles. The van der Waals surface area contributed by atoms with Crippen molar-refractivity contribution < 1.29 is 9.59 Å². The Balaban J connectivity index is 0.00000300. The number of benzene rings is 1. The molecule has 3 unspecified atom stereocenters. The quantitative estimate of drug-likeness (QED) is 0.658. The van der Waals surface area contributed by atoms with Gasteiger partial charge in [-0.15, -0.1) is 12.4 Å². The van der Waals surface area contributed by atoms with Gasteiger partial charge in [-0.3, -0.25) is 14.5 Å². The van der Waals surface area contributed by atoms with Crippen molar-refractivity contribution in [2.24, 2.45) is 5.92 Å². The largest absolute Gasteiger partial charge is 0.354 e. The van der Waals surface area contributed by atoms with Crippen molar-refractivity contribution >= 4 is 29.9 Å². The van der Waals surface area contributed by atoms with E-state index in [0.29, 0.717) is 12.5 Å². The highest BCUT2D eigenvalue weighted by atomic mass is 35.5. The molecule has 2 aliphatic rings. The van der Waals surface area contributed by atoms with Crippen LogP contribution in [0, 0.1) is 19.8 Å². The van der Waals surface area contributed by atoms with Crippen LogP contribution in [0.3, 0.4) is 0 Å². The predicted molar refractivity (Wildman–Crippen MR) is 120 cm³/mol. The highest BCUT2D eigenvalue weighted by Crippen LogP contribution is 2.20. The molecule has 0 spiro atoms. The second-order valence-corrected chi connectivity index (χ2v) is 8.36. The first-order chi connectivity index (χ1) is 13.4. The fraction of sp³-hybridized carbons (Fsp3) is 0.636.